The zero-order valence-electron chi connectivity index (χ0n) is 22.8. The average molecular weight is 546 g/mol. The average Bonchev–Trinajstić information content (AvgIpc) is 3.19. The van der Waals surface area contributed by atoms with Crippen LogP contribution in [0.5, 0.6) is 5.75 Å². The van der Waals surface area contributed by atoms with E-state index in [-0.39, 0.29) is 35.2 Å². The van der Waals surface area contributed by atoms with Crippen LogP contribution >= 0.6 is 0 Å². The number of carbonyl (C=O) groups is 1. The molecule has 0 radical (unpaired) electrons. The van der Waals surface area contributed by atoms with Gasteiger partial charge in [-0.3, -0.25) is 14.5 Å². The van der Waals surface area contributed by atoms with E-state index in [4.69, 9.17) is 16.3 Å². The molecule has 12 heteroatoms. The number of carbonyl (C=O) groups excluding carboxylic acids is 1. The van der Waals surface area contributed by atoms with Crippen molar-refractivity contribution in [3.63, 3.8) is 0 Å². The topological polar surface area (TPSA) is 123 Å². The Kier molecular flexibility index (Phi) is 8.92. The number of nitrogens with two attached hydrogens (primary N) is 2. The molecule has 0 aliphatic heterocycles. The number of methoxy groups -OCH3 is 1. The van der Waals surface area contributed by atoms with Gasteiger partial charge in [0.25, 0.3) is 5.91 Å². The number of aryl methyl sites for hydroxylation is 2. The van der Waals surface area contributed by atoms with Crippen LogP contribution in [0.2, 0.25) is 0 Å². The summed E-state index contributed by atoms with van der Waals surface area (Å²) in [5.74, 6) is 5.36. The summed E-state index contributed by atoms with van der Waals surface area (Å²) in [6.07, 6.45) is -1.55. The number of halogens is 3. The smallest absolute Gasteiger partial charge is 0.420 e. The molecule has 0 saturated heterocycles. The number of amides is 1. The van der Waals surface area contributed by atoms with Crippen LogP contribution in [-0.2, 0) is 19.8 Å². The second-order valence-corrected chi connectivity index (χ2v) is 9.46. The number of ether oxygens (including phenoxy) is 1. The fraction of sp³-hybridized carbons (Fsp3) is 0.333. The van der Waals surface area contributed by atoms with Crippen molar-refractivity contribution < 1.29 is 22.7 Å². The monoisotopic (exact) mass is 545 g/mol. The van der Waals surface area contributed by atoms with Crippen molar-refractivity contribution >= 4 is 23.0 Å². The summed E-state index contributed by atoms with van der Waals surface area (Å²) in [4.78, 5) is 13.1. The van der Waals surface area contributed by atoms with Gasteiger partial charge in [0, 0.05) is 53.9 Å². The van der Waals surface area contributed by atoms with Crippen LogP contribution in [0, 0.1) is 13.8 Å². The summed E-state index contributed by atoms with van der Waals surface area (Å²) in [5.41, 5.74) is 8.87. The molecule has 2 aromatic carbocycles. The Labute approximate surface area is 225 Å². The van der Waals surface area contributed by atoms with Gasteiger partial charge in [-0.25, -0.2) is 5.84 Å². The zero-order valence-corrected chi connectivity index (χ0v) is 22.8. The standard InChI is InChI=1S/C27H34F3N7O2/c1-15(2)33-12-19-9-20(11-22(25(19)39-6)27(28,29)30)35-26(38)18-8-7-16(3)24(10-18)37(32)14-23(31)21-13-34-36(5)17(21)4/h7-11,13-15,33H,12,31-32H2,1-6H3,(H,35,38)/b23-14-. The van der Waals surface area contributed by atoms with Crippen LogP contribution in [0.25, 0.3) is 5.70 Å². The van der Waals surface area contributed by atoms with E-state index >= 15 is 0 Å². The maximum absolute atomic E-state index is 13.8. The van der Waals surface area contributed by atoms with Gasteiger partial charge in [0.1, 0.15) is 5.75 Å². The molecule has 0 aliphatic carbocycles. The lowest BCUT2D eigenvalue weighted by Gasteiger charge is -2.20. The first kappa shape index (κ1) is 29.5. The number of rotatable bonds is 9. The third-order valence-corrected chi connectivity index (χ3v) is 6.21. The Bertz CT molecular complexity index is 1380. The van der Waals surface area contributed by atoms with E-state index in [1.807, 2.05) is 27.7 Å². The lowest BCUT2D eigenvalue weighted by molar-refractivity contribution is -0.138. The summed E-state index contributed by atoms with van der Waals surface area (Å²) >= 11 is 0. The summed E-state index contributed by atoms with van der Waals surface area (Å²) in [5, 5.41) is 11.1. The summed E-state index contributed by atoms with van der Waals surface area (Å²) in [6, 6.07) is 7.15. The van der Waals surface area contributed by atoms with Crippen molar-refractivity contribution in [3.8, 4) is 5.75 Å². The van der Waals surface area contributed by atoms with E-state index in [2.05, 4.69) is 15.7 Å². The minimum Gasteiger partial charge on any atom is -0.496 e. The summed E-state index contributed by atoms with van der Waals surface area (Å²) < 4.78 is 48.3. The van der Waals surface area contributed by atoms with Crippen molar-refractivity contribution in [2.24, 2.45) is 18.6 Å². The Morgan fingerprint density at radius 1 is 1.23 bits per heavy atom. The number of nitrogens with zero attached hydrogens (tertiary/aromatic N) is 3. The lowest BCUT2D eigenvalue weighted by Crippen LogP contribution is -2.27. The molecular formula is C27H34F3N7O2. The van der Waals surface area contributed by atoms with Gasteiger partial charge in [-0.15, -0.1) is 0 Å². The van der Waals surface area contributed by atoms with Gasteiger partial charge in [-0.05, 0) is 43.7 Å². The SMILES string of the molecule is COc1c(CNC(C)C)cc(NC(=O)c2ccc(C)c(N(N)/C=C(\N)c3cnn(C)c3C)c2)cc1C(F)(F)F. The van der Waals surface area contributed by atoms with Gasteiger partial charge in [0.2, 0.25) is 0 Å². The molecule has 0 unspecified atom stereocenters. The molecule has 0 bridgehead atoms. The molecular weight excluding hydrogens is 511 g/mol. The number of hydrogen-bond acceptors (Lipinski definition) is 7. The van der Waals surface area contributed by atoms with Gasteiger partial charge in [-0.1, -0.05) is 19.9 Å². The van der Waals surface area contributed by atoms with E-state index < -0.39 is 17.6 Å². The lowest BCUT2D eigenvalue weighted by atomic mass is 10.0. The Hall–Kier alpha value is -4.03. The predicted molar refractivity (Wildman–Crippen MR) is 146 cm³/mol. The second kappa shape index (κ2) is 11.8. The van der Waals surface area contributed by atoms with Crippen molar-refractivity contribution in [1.29, 1.82) is 0 Å². The molecule has 0 fully saturated rings. The number of alkyl halides is 3. The van der Waals surface area contributed by atoms with Crippen LogP contribution in [0.15, 0.2) is 42.7 Å². The molecule has 1 amide bonds. The maximum Gasteiger partial charge on any atom is 0.420 e. The molecule has 1 heterocycles. The number of benzene rings is 2. The first-order valence-electron chi connectivity index (χ1n) is 12.2. The van der Waals surface area contributed by atoms with Crippen LogP contribution < -0.4 is 32.0 Å². The quantitative estimate of drug-likeness (QED) is 0.231. The number of anilines is 2. The molecule has 9 nitrogen and oxygen atoms in total. The van der Waals surface area contributed by atoms with Gasteiger partial charge >= 0.3 is 6.18 Å². The highest BCUT2D eigenvalue weighted by atomic mass is 19.4. The van der Waals surface area contributed by atoms with E-state index in [9.17, 15) is 18.0 Å². The van der Waals surface area contributed by atoms with E-state index in [0.29, 0.717) is 16.9 Å². The van der Waals surface area contributed by atoms with Crippen LogP contribution in [0.3, 0.4) is 0 Å². The molecule has 0 aliphatic rings. The normalized spacial score (nSPS) is 12.1. The van der Waals surface area contributed by atoms with Crippen molar-refractivity contribution in [2.75, 3.05) is 17.4 Å². The minimum atomic E-state index is -4.69. The van der Waals surface area contributed by atoms with Crippen molar-refractivity contribution in [2.45, 2.75) is 46.5 Å². The molecule has 39 heavy (non-hydrogen) atoms. The van der Waals surface area contributed by atoms with Gasteiger partial charge in [0.05, 0.1) is 30.3 Å². The molecule has 6 N–H and O–H groups in total. The summed E-state index contributed by atoms with van der Waals surface area (Å²) in [6.45, 7) is 7.55. The van der Waals surface area contributed by atoms with E-state index in [0.717, 1.165) is 17.3 Å². The molecule has 210 valence electrons. The van der Waals surface area contributed by atoms with E-state index in [1.54, 1.807) is 36.1 Å². The molecule has 0 spiro atoms. The first-order valence-corrected chi connectivity index (χ1v) is 12.2. The summed E-state index contributed by atoms with van der Waals surface area (Å²) in [7, 11) is 2.98. The maximum atomic E-state index is 13.8. The second-order valence-electron chi connectivity index (χ2n) is 9.46. The predicted octanol–water partition coefficient (Wildman–Crippen LogP) is 4.45. The molecule has 0 atom stereocenters. The molecule has 1 aromatic heterocycles. The highest BCUT2D eigenvalue weighted by molar-refractivity contribution is 6.05. The highest BCUT2D eigenvalue weighted by Gasteiger charge is 2.36. The van der Waals surface area contributed by atoms with Gasteiger partial charge < -0.3 is 21.1 Å². The fourth-order valence-electron chi connectivity index (χ4n) is 3.96. The first-order chi connectivity index (χ1) is 18.2. The molecule has 0 saturated carbocycles. The van der Waals surface area contributed by atoms with E-state index in [1.165, 1.54) is 24.4 Å². The fourth-order valence-corrected chi connectivity index (χ4v) is 3.96. The number of aromatic nitrogens is 2. The third-order valence-electron chi connectivity index (χ3n) is 6.21. The molecule has 3 rings (SSSR count). The zero-order chi connectivity index (χ0) is 29.1. The van der Waals surface area contributed by atoms with Crippen molar-refractivity contribution in [1.82, 2.24) is 15.1 Å². The minimum absolute atomic E-state index is 0.0170. The Morgan fingerprint density at radius 3 is 2.49 bits per heavy atom. The molecule has 3 aromatic rings. The number of hydrogen-bond donors (Lipinski definition) is 4. The van der Waals surface area contributed by atoms with Crippen LogP contribution in [0.4, 0.5) is 24.5 Å². The number of nitrogens with one attached hydrogen (secondary N) is 2. The largest absolute Gasteiger partial charge is 0.496 e. The van der Waals surface area contributed by atoms with Crippen LogP contribution in [-0.4, -0.2) is 28.8 Å². The van der Waals surface area contributed by atoms with Crippen LogP contribution in [0.1, 0.15) is 52.2 Å². The Morgan fingerprint density at radius 2 is 1.92 bits per heavy atom. The van der Waals surface area contributed by atoms with Gasteiger partial charge in [0.15, 0.2) is 0 Å². The third kappa shape index (κ3) is 6.89. The Balaban J connectivity index is 1.93. The highest BCUT2D eigenvalue weighted by Crippen LogP contribution is 2.40. The van der Waals surface area contributed by atoms with Crippen molar-refractivity contribution in [3.05, 3.63) is 76.2 Å². The number of hydrazine groups is 1. The van der Waals surface area contributed by atoms with Gasteiger partial charge in [-0.2, -0.15) is 18.3 Å².